The Hall–Kier alpha value is -2.58. The van der Waals surface area contributed by atoms with Crippen LogP contribution in [0.2, 0.25) is 5.02 Å². The molecule has 9 heteroatoms. The largest absolute Gasteiger partial charge is 0.354 e. The second-order valence-corrected chi connectivity index (χ2v) is 10.9. The number of sulfonamides is 1. The number of halogens is 1. The van der Waals surface area contributed by atoms with Crippen molar-refractivity contribution in [1.29, 1.82) is 0 Å². The van der Waals surface area contributed by atoms with Crippen LogP contribution in [0.3, 0.4) is 0 Å². The summed E-state index contributed by atoms with van der Waals surface area (Å²) in [6.07, 6.45) is 2.83. The predicted molar refractivity (Wildman–Crippen MR) is 137 cm³/mol. The van der Waals surface area contributed by atoms with E-state index in [-0.39, 0.29) is 12.5 Å². The Kier molecular flexibility index (Phi) is 9.94. The van der Waals surface area contributed by atoms with Gasteiger partial charge in [0.2, 0.25) is 21.8 Å². The van der Waals surface area contributed by atoms with Crippen molar-refractivity contribution < 1.29 is 18.0 Å². The molecule has 0 unspecified atom stereocenters. The Balaban J connectivity index is 2.38. The average Bonchev–Trinajstić information content (AvgIpc) is 2.73. The molecule has 0 aromatic heterocycles. The summed E-state index contributed by atoms with van der Waals surface area (Å²) < 4.78 is 26.4. The van der Waals surface area contributed by atoms with Crippen molar-refractivity contribution in [3.8, 4) is 0 Å². The predicted octanol–water partition coefficient (Wildman–Crippen LogP) is 4.06. The fourth-order valence-electron chi connectivity index (χ4n) is 3.66. The van der Waals surface area contributed by atoms with Gasteiger partial charge >= 0.3 is 0 Å². The molecule has 34 heavy (non-hydrogen) atoms. The number of anilines is 1. The summed E-state index contributed by atoms with van der Waals surface area (Å²) in [5.41, 5.74) is 2.92. The zero-order valence-electron chi connectivity index (χ0n) is 20.5. The van der Waals surface area contributed by atoms with Crippen LogP contribution >= 0.6 is 11.6 Å². The van der Waals surface area contributed by atoms with E-state index in [1.165, 1.54) is 4.90 Å². The van der Waals surface area contributed by atoms with Crippen LogP contribution in [0.5, 0.6) is 0 Å². The molecule has 0 aliphatic rings. The number of hydrogen-bond donors (Lipinski definition) is 1. The molecule has 2 rings (SSSR count). The fraction of sp³-hybridized carbons (Fsp3) is 0.440. The van der Waals surface area contributed by atoms with E-state index in [1.54, 1.807) is 37.3 Å². The van der Waals surface area contributed by atoms with Gasteiger partial charge in [-0.25, -0.2) is 8.42 Å². The van der Waals surface area contributed by atoms with Gasteiger partial charge in [0.05, 0.1) is 11.9 Å². The maximum absolute atomic E-state index is 13.5. The Morgan fingerprint density at radius 3 is 2.29 bits per heavy atom. The van der Waals surface area contributed by atoms with Crippen LogP contribution in [0, 0.1) is 13.8 Å². The lowest BCUT2D eigenvalue weighted by atomic mass is 10.1. The van der Waals surface area contributed by atoms with Gasteiger partial charge in [-0.15, -0.1) is 0 Å². The summed E-state index contributed by atoms with van der Waals surface area (Å²) >= 11 is 6.12. The molecule has 0 aliphatic carbocycles. The van der Waals surface area contributed by atoms with Crippen molar-refractivity contribution in [2.75, 3.05) is 23.7 Å². The lowest BCUT2D eigenvalue weighted by molar-refractivity contribution is -0.139. The number of nitrogens with zero attached hydrogens (tertiary/aromatic N) is 2. The van der Waals surface area contributed by atoms with Crippen LogP contribution in [0.25, 0.3) is 0 Å². The molecule has 0 bridgehead atoms. The zero-order valence-corrected chi connectivity index (χ0v) is 22.0. The van der Waals surface area contributed by atoms with E-state index in [4.69, 9.17) is 11.6 Å². The van der Waals surface area contributed by atoms with Gasteiger partial charge in [0.25, 0.3) is 0 Å². The highest BCUT2D eigenvalue weighted by Crippen LogP contribution is 2.22. The molecule has 0 aliphatic heterocycles. The number of amides is 2. The van der Waals surface area contributed by atoms with E-state index in [0.29, 0.717) is 17.3 Å². The van der Waals surface area contributed by atoms with Crippen LogP contribution in [-0.4, -0.2) is 50.5 Å². The normalized spacial score (nSPS) is 12.2. The van der Waals surface area contributed by atoms with Crippen molar-refractivity contribution in [2.45, 2.75) is 53.1 Å². The van der Waals surface area contributed by atoms with Gasteiger partial charge in [0.1, 0.15) is 12.6 Å². The molecular formula is C25H34ClN3O4S. The Labute approximate surface area is 208 Å². The number of unbranched alkanes of at least 4 members (excludes halogenated alkanes) is 1. The van der Waals surface area contributed by atoms with Crippen molar-refractivity contribution in [3.63, 3.8) is 0 Å². The van der Waals surface area contributed by atoms with Crippen LogP contribution < -0.4 is 9.62 Å². The van der Waals surface area contributed by atoms with Crippen LogP contribution in [0.4, 0.5) is 5.69 Å². The molecule has 1 N–H and O–H groups in total. The molecular weight excluding hydrogens is 474 g/mol. The first-order valence-corrected chi connectivity index (χ1v) is 13.5. The molecule has 2 aromatic rings. The molecule has 0 spiro atoms. The molecule has 2 amide bonds. The summed E-state index contributed by atoms with van der Waals surface area (Å²) in [6.45, 7) is 7.61. The number of aryl methyl sites for hydroxylation is 2. The minimum Gasteiger partial charge on any atom is -0.354 e. The van der Waals surface area contributed by atoms with Gasteiger partial charge in [0, 0.05) is 18.1 Å². The lowest BCUT2D eigenvalue weighted by Crippen LogP contribution is -2.51. The van der Waals surface area contributed by atoms with E-state index in [0.717, 1.165) is 40.1 Å². The lowest BCUT2D eigenvalue weighted by Gasteiger charge is -2.31. The fourth-order valence-corrected chi connectivity index (χ4v) is 4.71. The maximum Gasteiger partial charge on any atom is 0.244 e. The number of carbonyl (C=O) groups excluding carboxylic acids is 2. The number of benzene rings is 2. The van der Waals surface area contributed by atoms with Crippen LogP contribution in [-0.2, 0) is 26.2 Å². The summed E-state index contributed by atoms with van der Waals surface area (Å²) in [4.78, 5) is 27.7. The number of hydrogen-bond acceptors (Lipinski definition) is 4. The highest BCUT2D eigenvalue weighted by molar-refractivity contribution is 7.92. The third kappa shape index (κ3) is 8.02. The monoisotopic (exact) mass is 507 g/mol. The molecule has 0 saturated heterocycles. The Morgan fingerprint density at radius 1 is 1.09 bits per heavy atom. The molecule has 2 aromatic carbocycles. The van der Waals surface area contributed by atoms with Gasteiger partial charge in [-0.1, -0.05) is 43.1 Å². The molecule has 1 atom stereocenters. The molecule has 0 heterocycles. The van der Waals surface area contributed by atoms with Gasteiger partial charge in [0.15, 0.2) is 0 Å². The summed E-state index contributed by atoms with van der Waals surface area (Å²) in [7, 11) is -3.76. The summed E-state index contributed by atoms with van der Waals surface area (Å²) in [5.74, 6) is -0.774. The second-order valence-electron chi connectivity index (χ2n) is 8.59. The number of carbonyl (C=O) groups is 2. The van der Waals surface area contributed by atoms with E-state index in [1.807, 2.05) is 32.9 Å². The zero-order chi connectivity index (χ0) is 25.5. The average molecular weight is 508 g/mol. The molecule has 0 saturated carbocycles. The van der Waals surface area contributed by atoms with Gasteiger partial charge in [-0.3, -0.25) is 13.9 Å². The van der Waals surface area contributed by atoms with Crippen molar-refractivity contribution in [1.82, 2.24) is 10.2 Å². The molecule has 0 fully saturated rings. The van der Waals surface area contributed by atoms with Crippen molar-refractivity contribution >= 4 is 39.1 Å². The topological polar surface area (TPSA) is 86.8 Å². The van der Waals surface area contributed by atoms with Crippen LogP contribution in [0.15, 0.2) is 42.5 Å². The van der Waals surface area contributed by atoms with Crippen molar-refractivity contribution in [3.05, 3.63) is 64.2 Å². The first-order valence-electron chi connectivity index (χ1n) is 11.3. The molecule has 0 radical (unpaired) electrons. The third-order valence-electron chi connectivity index (χ3n) is 5.41. The Bertz CT molecular complexity index is 1100. The van der Waals surface area contributed by atoms with Crippen molar-refractivity contribution in [2.24, 2.45) is 0 Å². The first-order chi connectivity index (χ1) is 15.9. The summed E-state index contributed by atoms with van der Waals surface area (Å²) in [5, 5.41) is 3.37. The quantitative estimate of drug-likeness (QED) is 0.465. The van der Waals surface area contributed by atoms with Crippen LogP contribution in [0.1, 0.15) is 43.4 Å². The Morgan fingerprint density at radius 2 is 1.74 bits per heavy atom. The number of nitrogens with one attached hydrogen (secondary N) is 1. The standard InChI is InChI=1S/C25H34ClN3O4S/c1-6-7-11-27-25(31)20(4)28(16-21-9-8-10-22(26)15-21)24(30)17-29(34(5,32)33)23-13-18(2)12-19(3)14-23/h8-10,12-15,20H,6-7,11,16-17H2,1-5H3,(H,27,31)/t20-/m1/s1. The van der Waals surface area contributed by atoms with E-state index < -0.39 is 28.5 Å². The second kappa shape index (κ2) is 12.2. The van der Waals surface area contributed by atoms with Gasteiger partial charge in [-0.05, 0) is 68.1 Å². The third-order valence-corrected chi connectivity index (χ3v) is 6.79. The van der Waals surface area contributed by atoms with E-state index in [2.05, 4.69) is 5.32 Å². The van der Waals surface area contributed by atoms with E-state index >= 15 is 0 Å². The highest BCUT2D eigenvalue weighted by Gasteiger charge is 2.30. The van der Waals surface area contributed by atoms with Gasteiger partial charge in [-0.2, -0.15) is 0 Å². The summed E-state index contributed by atoms with van der Waals surface area (Å²) in [6, 6.07) is 11.6. The molecule has 186 valence electrons. The SMILES string of the molecule is CCCCNC(=O)[C@@H](C)N(Cc1cccc(Cl)c1)C(=O)CN(c1cc(C)cc(C)c1)S(C)(=O)=O. The first kappa shape index (κ1) is 27.7. The number of rotatable bonds is 11. The minimum atomic E-state index is -3.76. The smallest absolute Gasteiger partial charge is 0.244 e. The highest BCUT2D eigenvalue weighted by atomic mass is 35.5. The minimum absolute atomic E-state index is 0.117. The van der Waals surface area contributed by atoms with Gasteiger partial charge < -0.3 is 10.2 Å². The van der Waals surface area contributed by atoms with E-state index in [9.17, 15) is 18.0 Å². The maximum atomic E-state index is 13.5. The molecule has 7 nitrogen and oxygen atoms in total.